The maximum atomic E-state index is 8.36. The van der Waals surface area contributed by atoms with Crippen molar-refractivity contribution >= 4 is 0 Å². The van der Waals surface area contributed by atoms with Crippen LogP contribution in [0.2, 0.25) is 0 Å². The number of hydrogen-bond acceptors (Lipinski definition) is 1. The lowest BCUT2D eigenvalue weighted by atomic mass is 10.3. The Balaban J connectivity index is -0.00000000178. The van der Waals surface area contributed by atoms with E-state index in [9.17, 15) is 0 Å². The molecule has 0 rings (SSSR count). The summed E-state index contributed by atoms with van der Waals surface area (Å²) >= 11 is 0. The summed E-state index contributed by atoms with van der Waals surface area (Å²) in [7, 11) is 0. The van der Waals surface area contributed by atoms with Crippen LogP contribution in [0.3, 0.4) is 0 Å². The fraction of sp³-hybridized carbons (Fsp3) is 1.00. The molecule has 11 heteroatoms. The van der Waals surface area contributed by atoms with E-state index in [1.54, 1.807) is 6.92 Å². The first-order valence-electron chi connectivity index (χ1n) is 1.95. The zero-order valence-corrected chi connectivity index (χ0v) is 8.73. The van der Waals surface area contributed by atoms with Crippen LogP contribution in [0.25, 0.3) is 0 Å². The van der Waals surface area contributed by atoms with Gasteiger partial charge < -0.3 is 59.9 Å². The molecule has 15 heavy (non-hydrogen) atoms. The van der Waals surface area contributed by atoms with Crippen LogP contribution < -0.4 is 0 Å². The first-order valence-corrected chi connectivity index (χ1v) is 1.95. The normalized spacial score (nSPS) is 5.00. The van der Waals surface area contributed by atoms with Gasteiger partial charge in [0.05, 0.1) is 6.10 Å². The summed E-state index contributed by atoms with van der Waals surface area (Å²) in [6.07, 6.45) is 0.745. The standard InChI is InChI=1S/C4H10O.10H2O/c1-3-4(2)5;;;;;;;;;;/h4-5H,3H2,1-2H3;10*1H2. The third kappa shape index (κ3) is 745. The molecule has 1 unspecified atom stereocenters. The Morgan fingerprint density at radius 3 is 0.733 bits per heavy atom. The molecule has 0 aliphatic rings. The van der Waals surface area contributed by atoms with Gasteiger partial charge in [0.2, 0.25) is 0 Å². The molecule has 0 spiro atoms. The Kier molecular flexibility index (Phi) is 2380. The average molecular weight is 254 g/mol. The molecule has 21 N–H and O–H groups in total. The molecule has 0 saturated carbocycles. The monoisotopic (exact) mass is 254 g/mol. The molecule has 0 aliphatic heterocycles. The average Bonchev–Trinajstić information content (AvgIpc) is 1.38. The van der Waals surface area contributed by atoms with Crippen molar-refractivity contribution in [2.24, 2.45) is 0 Å². The fourth-order valence-corrected chi connectivity index (χ4v) is 0. The molecule has 0 aromatic heterocycles. The predicted octanol–water partition coefficient (Wildman–Crippen LogP) is -7.47. The number of rotatable bonds is 1. The van der Waals surface area contributed by atoms with Crippen molar-refractivity contribution in [3.63, 3.8) is 0 Å². The predicted molar refractivity (Wildman–Crippen MR) is 58.1 cm³/mol. The molecule has 0 aromatic rings. The van der Waals surface area contributed by atoms with Crippen LogP contribution in [0.5, 0.6) is 0 Å². The van der Waals surface area contributed by atoms with Crippen molar-refractivity contribution in [2.45, 2.75) is 26.4 Å². The summed E-state index contributed by atoms with van der Waals surface area (Å²) < 4.78 is 0. The highest BCUT2D eigenvalue weighted by Gasteiger charge is 1.81. The molecule has 0 bridgehead atoms. The van der Waals surface area contributed by atoms with E-state index in [0.717, 1.165) is 6.42 Å². The van der Waals surface area contributed by atoms with Crippen LogP contribution in [0, 0.1) is 0 Å². The second kappa shape index (κ2) is 169. The summed E-state index contributed by atoms with van der Waals surface area (Å²) in [5.41, 5.74) is 0. The largest absolute Gasteiger partial charge is 0.412 e. The van der Waals surface area contributed by atoms with Crippen molar-refractivity contribution in [3.05, 3.63) is 0 Å². The van der Waals surface area contributed by atoms with Gasteiger partial charge in [-0.2, -0.15) is 0 Å². The van der Waals surface area contributed by atoms with E-state index in [2.05, 4.69) is 0 Å². The molecule has 0 radical (unpaired) electrons. The fourth-order valence-electron chi connectivity index (χ4n) is 0. The number of hydrogen-bond donors (Lipinski definition) is 1. The van der Waals surface area contributed by atoms with Crippen LogP contribution in [0.4, 0.5) is 0 Å². The quantitative estimate of drug-likeness (QED) is 0.467. The number of aliphatic hydroxyl groups excluding tert-OH is 1. The van der Waals surface area contributed by atoms with E-state index in [1.807, 2.05) is 6.92 Å². The van der Waals surface area contributed by atoms with Gasteiger partial charge in [0, 0.05) is 0 Å². The van der Waals surface area contributed by atoms with E-state index in [0.29, 0.717) is 0 Å². The van der Waals surface area contributed by atoms with Gasteiger partial charge in [0.1, 0.15) is 0 Å². The molecular weight excluding hydrogens is 224 g/mol. The third-order valence-electron chi connectivity index (χ3n) is 0.591. The first kappa shape index (κ1) is 211. The maximum Gasteiger partial charge on any atom is 0.0509 e. The van der Waals surface area contributed by atoms with E-state index in [1.165, 1.54) is 0 Å². The van der Waals surface area contributed by atoms with Crippen molar-refractivity contribution in [2.75, 3.05) is 0 Å². The lowest BCUT2D eigenvalue weighted by molar-refractivity contribution is 0.191. The van der Waals surface area contributed by atoms with Crippen molar-refractivity contribution in [3.8, 4) is 0 Å². The van der Waals surface area contributed by atoms with Gasteiger partial charge in [0.25, 0.3) is 0 Å². The zero-order valence-electron chi connectivity index (χ0n) is 8.73. The Labute approximate surface area is 87.4 Å². The Hall–Kier alpha value is -0.440. The highest BCUT2D eigenvalue weighted by atomic mass is 16.3. The molecule has 0 fully saturated rings. The van der Waals surface area contributed by atoms with Crippen LogP contribution in [0.1, 0.15) is 20.3 Å². The SMILES string of the molecule is CCC(C)O.O.O.O.O.O.O.O.O.O.O. The highest BCUT2D eigenvalue weighted by molar-refractivity contribution is 4.34. The van der Waals surface area contributed by atoms with Gasteiger partial charge in [-0.05, 0) is 13.3 Å². The van der Waals surface area contributed by atoms with Crippen molar-refractivity contribution in [1.82, 2.24) is 0 Å². The molecule has 11 nitrogen and oxygen atoms in total. The molecule has 0 aromatic carbocycles. The van der Waals surface area contributed by atoms with Gasteiger partial charge in [-0.1, -0.05) is 6.92 Å². The van der Waals surface area contributed by atoms with Crippen molar-refractivity contribution in [1.29, 1.82) is 0 Å². The highest BCUT2D eigenvalue weighted by Crippen LogP contribution is 1.81. The maximum absolute atomic E-state index is 8.36. The zero-order chi connectivity index (χ0) is 4.28. The molecule has 0 aliphatic carbocycles. The minimum atomic E-state index is -0.116. The third-order valence-corrected chi connectivity index (χ3v) is 0.591. The summed E-state index contributed by atoms with van der Waals surface area (Å²) in [6.45, 7) is 3.73. The van der Waals surface area contributed by atoms with Crippen molar-refractivity contribution < 1.29 is 59.9 Å². The molecule has 0 saturated heterocycles. The van der Waals surface area contributed by atoms with Gasteiger partial charge in [-0.3, -0.25) is 0 Å². The van der Waals surface area contributed by atoms with Gasteiger partial charge in [0.15, 0.2) is 0 Å². The van der Waals surface area contributed by atoms with Crippen LogP contribution in [0.15, 0.2) is 0 Å². The lowest BCUT2D eigenvalue weighted by Crippen LogP contribution is -1.93. The molecule has 1 atom stereocenters. The van der Waals surface area contributed by atoms with Gasteiger partial charge in [-0.25, -0.2) is 0 Å². The minimum Gasteiger partial charge on any atom is -0.412 e. The second-order valence-electron chi connectivity index (χ2n) is 1.26. The van der Waals surface area contributed by atoms with Crippen LogP contribution >= 0.6 is 0 Å². The van der Waals surface area contributed by atoms with E-state index < -0.39 is 0 Å². The lowest BCUT2D eigenvalue weighted by Gasteiger charge is -1.90. The van der Waals surface area contributed by atoms with E-state index >= 15 is 0 Å². The first-order chi connectivity index (χ1) is 2.27. The second-order valence-corrected chi connectivity index (χ2v) is 1.26. The smallest absolute Gasteiger partial charge is 0.0509 e. The van der Waals surface area contributed by atoms with Gasteiger partial charge >= 0.3 is 0 Å². The topological polar surface area (TPSA) is 335 Å². The Morgan fingerprint density at radius 2 is 0.733 bits per heavy atom. The number of aliphatic hydroxyl groups is 1. The van der Waals surface area contributed by atoms with E-state index in [4.69, 9.17) is 5.11 Å². The Morgan fingerprint density at radius 1 is 0.667 bits per heavy atom. The molecule has 0 heterocycles. The van der Waals surface area contributed by atoms with E-state index in [-0.39, 0.29) is 60.9 Å². The van der Waals surface area contributed by atoms with Crippen LogP contribution in [-0.4, -0.2) is 66.0 Å². The molecule has 0 amide bonds. The summed E-state index contributed by atoms with van der Waals surface area (Å²) in [5, 5.41) is 8.36. The molecular formula is C4H30O11. The van der Waals surface area contributed by atoms with Gasteiger partial charge in [-0.15, -0.1) is 0 Å². The summed E-state index contributed by atoms with van der Waals surface area (Å²) in [6, 6.07) is 0. The summed E-state index contributed by atoms with van der Waals surface area (Å²) in [4.78, 5) is 0. The van der Waals surface area contributed by atoms with Crippen LogP contribution in [-0.2, 0) is 0 Å². The summed E-state index contributed by atoms with van der Waals surface area (Å²) in [5.74, 6) is 0. The Bertz CT molecular complexity index is 26.5. The molecule has 112 valence electrons. The minimum absolute atomic E-state index is 0.